The van der Waals surface area contributed by atoms with Crippen LogP contribution in [0.5, 0.6) is 0 Å². The molecule has 0 bridgehead atoms. The van der Waals surface area contributed by atoms with Crippen molar-refractivity contribution in [3.63, 3.8) is 0 Å². The number of hydrogen-bond donors (Lipinski definition) is 3. The molecule has 0 spiro atoms. The average molecular weight is 197 g/mol. The maximum absolute atomic E-state index is 9.32. The summed E-state index contributed by atoms with van der Waals surface area (Å²) in [5.41, 5.74) is 11.8. The van der Waals surface area contributed by atoms with Crippen molar-refractivity contribution in [2.75, 3.05) is 19.6 Å². The normalized spacial score (nSPS) is 21.9. The molecule has 1 rings (SSSR count). The topological polar surface area (TPSA) is 75.5 Å². The predicted molar refractivity (Wildman–Crippen MR) is 57.3 cm³/mol. The average Bonchev–Trinajstić information content (AvgIpc) is 2.20. The molecule has 1 aliphatic rings. The summed E-state index contributed by atoms with van der Waals surface area (Å²) < 4.78 is 0. The molecule has 4 nitrogen and oxygen atoms in total. The summed E-state index contributed by atoms with van der Waals surface area (Å²) in [5.74, 6) is 0. The van der Waals surface area contributed by atoms with E-state index in [-0.39, 0.29) is 6.10 Å². The van der Waals surface area contributed by atoms with Crippen molar-refractivity contribution in [3.8, 4) is 0 Å². The van der Waals surface area contributed by atoms with E-state index in [0.717, 1.165) is 38.0 Å². The van der Waals surface area contributed by atoms with Gasteiger partial charge in [-0.2, -0.15) is 0 Å². The molecule has 0 saturated carbocycles. The van der Waals surface area contributed by atoms with Crippen molar-refractivity contribution in [1.82, 2.24) is 4.90 Å². The summed E-state index contributed by atoms with van der Waals surface area (Å²) in [6, 6.07) is 0. The standard InChI is InChI=1S/C10H19N3O/c11-4-1-9(7-12)8-13-5-2-10(14)3-6-13/h1,4,7,10,14H,2-3,5-6,8,11-12H2/b4-1-,9-7+. The molecular formula is C10H19N3O. The molecule has 5 N–H and O–H groups in total. The van der Waals surface area contributed by atoms with Gasteiger partial charge in [-0.05, 0) is 36.9 Å². The molecule has 0 aromatic heterocycles. The van der Waals surface area contributed by atoms with Gasteiger partial charge in [0.25, 0.3) is 0 Å². The van der Waals surface area contributed by atoms with Crippen LogP contribution >= 0.6 is 0 Å². The van der Waals surface area contributed by atoms with Gasteiger partial charge in [-0.3, -0.25) is 4.90 Å². The molecule has 1 fully saturated rings. The molecule has 1 aliphatic heterocycles. The van der Waals surface area contributed by atoms with Crippen LogP contribution in [-0.2, 0) is 0 Å². The monoisotopic (exact) mass is 197 g/mol. The molecule has 4 heteroatoms. The second kappa shape index (κ2) is 5.67. The van der Waals surface area contributed by atoms with E-state index in [0.29, 0.717) is 0 Å². The Kier molecular flexibility index (Phi) is 4.49. The van der Waals surface area contributed by atoms with E-state index in [1.807, 2.05) is 6.08 Å². The highest BCUT2D eigenvalue weighted by atomic mass is 16.3. The zero-order chi connectivity index (χ0) is 10.4. The molecule has 1 saturated heterocycles. The highest BCUT2D eigenvalue weighted by Crippen LogP contribution is 2.11. The van der Waals surface area contributed by atoms with Crippen LogP contribution in [0.25, 0.3) is 0 Å². The minimum atomic E-state index is -0.124. The Morgan fingerprint density at radius 3 is 2.50 bits per heavy atom. The van der Waals surface area contributed by atoms with Gasteiger partial charge < -0.3 is 16.6 Å². The third kappa shape index (κ3) is 3.40. The van der Waals surface area contributed by atoms with Crippen LogP contribution in [0.15, 0.2) is 24.0 Å². The fourth-order valence-electron chi connectivity index (χ4n) is 1.62. The smallest absolute Gasteiger partial charge is 0.0564 e. The van der Waals surface area contributed by atoms with Gasteiger partial charge in [0, 0.05) is 19.6 Å². The zero-order valence-corrected chi connectivity index (χ0v) is 8.39. The maximum Gasteiger partial charge on any atom is 0.0564 e. The lowest BCUT2D eigenvalue weighted by Gasteiger charge is -2.29. The lowest BCUT2D eigenvalue weighted by Crippen LogP contribution is -2.36. The van der Waals surface area contributed by atoms with E-state index in [2.05, 4.69) is 4.90 Å². The van der Waals surface area contributed by atoms with E-state index in [4.69, 9.17) is 11.5 Å². The number of nitrogens with zero attached hydrogens (tertiary/aromatic N) is 1. The first-order valence-corrected chi connectivity index (χ1v) is 4.95. The first-order valence-electron chi connectivity index (χ1n) is 4.95. The Balaban J connectivity index is 2.36. The van der Waals surface area contributed by atoms with Gasteiger partial charge in [-0.15, -0.1) is 0 Å². The van der Waals surface area contributed by atoms with Gasteiger partial charge >= 0.3 is 0 Å². The van der Waals surface area contributed by atoms with Crippen LogP contribution in [-0.4, -0.2) is 35.7 Å². The summed E-state index contributed by atoms with van der Waals surface area (Å²) in [6.45, 7) is 2.67. The van der Waals surface area contributed by atoms with Crippen LogP contribution in [0.1, 0.15) is 12.8 Å². The predicted octanol–water partition coefficient (Wildman–Crippen LogP) is -0.242. The molecule has 14 heavy (non-hydrogen) atoms. The summed E-state index contributed by atoms with van der Waals surface area (Å²) in [4.78, 5) is 2.27. The lowest BCUT2D eigenvalue weighted by atomic mass is 10.1. The highest BCUT2D eigenvalue weighted by Gasteiger charge is 2.16. The molecule has 0 amide bonds. The van der Waals surface area contributed by atoms with Crippen molar-refractivity contribution in [2.24, 2.45) is 11.5 Å². The molecule has 0 aliphatic carbocycles. The number of piperidine rings is 1. The molecular weight excluding hydrogens is 178 g/mol. The van der Waals surface area contributed by atoms with Crippen molar-refractivity contribution in [2.45, 2.75) is 18.9 Å². The van der Waals surface area contributed by atoms with E-state index in [1.54, 1.807) is 6.20 Å². The minimum Gasteiger partial charge on any atom is -0.405 e. The fraction of sp³-hybridized carbons (Fsp3) is 0.600. The molecule has 0 aromatic rings. The molecule has 0 unspecified atom stereocenters. The molecule has 80 valence electrons. The SMILES string of the molecule is N/C=C\C(=C/N)CN1CCC(O)CC1. The lowest BCUT2D eigenvalue weighted by molar-refractivity contribution is 0.0872. The molecule has 0 aromatic carbocycles. The van der Waals surface area contributed by atoms with Gasteiger partial charge in [0.15, 0.2) is 0 Å². The largest absolute Gasteiger partial charge is 0.405 e. The number of aliphatic hydroxyl groups excluding tert-OH is 1. The van der Waals surface area contributed by atoms with E-state index < -0.39 is 0 Å². The zero-order valence-electron chi connectivity index (χ0n) is 8.39. The number of rotatable bonds is 3. The van der Waals surface area contributed by atoms with E-state index in [1.165, 1.54) is 6.20 Å². The van der Waals surface area contributed by atoms with Gasteiger partial charge in [0.1, 0.15) is 0 Å². The van der Waals surface area contributed by atoms with Gasteiger partial charge in [0.05, 0.1) is 6.10 Å². The Labute approximate surface area is 84.9 Å². The Hall–Kier alpha value is -1.00. The summed E-state index contributed by atoms with van der Waals surface area (Å²) in [5, 5.41) is 9.32. The van der Waals surface area contributed by atoms with Crippen LogP contribution in [0.3, 0.4) is 0 Å². The number of hydrogen-bond acceptors (Lipinski definition) is 4. The Morgan fingerprint density at radius 1 is 1.36 bits per heavy atom. The first kappa shape index (κ1) is 11.1. The quantitative estimate of drug-likeness (QED) is 0.546. The van der Waals surface area contributed by atoms with E-state index in [9.17, 15) is 5.11 Å². The minimum absolute atomic E-state index is 0.124. The highest BCUT2D eigenvalue weighted by molar-refractivity contribution is 5.18. The third-order valence-electron chi connectivity index (χ3n) is 2.49. The number of nitrogens with two attached hydrogens (primary N) is 2. The number of likely N-dealkylation sites (tertiary alicyclic amines) is 1. The number of aliphatic hydroxyl groups is 1. The van der Waals surface area contributed by atoms with Crippen LogP contribution < -0.4 is 11.5 Å². The molecule has 0 radical (unpaired) electrons. The summed E-state index contributed by atoms with van der Waals surface area (Å²) in [7, 11) is 0. The van der Waals surface area contributed by atoms with Gasteiger partial charge in [-0.1, -0.05) is 0 Å². The van der Waals surface area contributed by atoms with Crippen LogP contribution in [0, 0.1) is 0 Å². The third-order valence-corrected chi connectivity index (χ3v) is 2.49. The summed E-state index contributed by atoms with van der Waals surface area (Å²) >= 11 is 0. The van der Waals surface area contributed by atoms with Crippen LogP contribution in [0.4, 0.5) is 0 Å². The first-order chi connectivity index (χ1) is 6.76. The Bertz CT molecular complexity index is 217. The van der Waals surface area contributed by atoms with Crippen molar-refractivity contribution in [3.05, 3.63) is 24.0 Å². The van der Waals surface area contributed by atoms with Crippen LogP contribution in [0.2, 0.25) is 0 Å². The molecule has 1 heterocycles. The summed E-state index contributed by atoms with van der Waals surface area (Å²) in [6.07, 6.45) is 6.47. The molecule has 0 atom stereocenters. The van der Waals surface area contributed by atoms with Crippen molar-refractivity contribution >= 4 is 0 Å². The second-order valence-electron chi connectivity index (χ2n) is 3.61. The maximum atomic E-state index is 9.32. The van der Waals surface area contributed by atoms with Crippen molar-refractivity contribution in [1.29, 1.82) is 0 Å². The fourth-order valence-corrected chi connectivity index (χ4v) is 1.62. The van der Waals surface area contributed by atoms with Gasteiger partial charge in [0.2, 0.25) is 0 Å². The van der Waals surface area contributed by atoms with E-state index >= 15 is 0 Å². The Morgan fingerprint density at radius 2 is 2.00 bits per heavy atom. The van der Waals surface area contributed by atoms with Crippen molar-refractivity contribution < 1.29 is 5.11 Å². The van der Waals surface area contributed by atoms with Gasteiger partial charge in [-0.25, -0.2) is 0 Å². The second-order valence-corrected chi connectivity index (χ2v) is 3.61.